The van der Waals surface area contributed by atoms with E-state index in [1.807, 2.05) is 13.0 Å². The lowest BCUT2D eigenvalue weighted by atomic mass is 10.4. The summed E-state index contributed by atoms with van der Waals surface area (Å²) in [7, 11) is -1.73. The lowest BCUT2D eigenvalue weighted by Crippen LogP contribution is -2.28. The Kier molecular flexibility index (Phi) is 5.17. The zero-order valence-corrected chi connectivity index (χ0v) is 11.0. The van der Waals surface area contributed by atoms with Gasteiger partial charge < -0.3 is 9.52 Å². The van der Waals surface area contributed by atoms with E-state index < -0.39 is 10.0 Å². The van der Waals surface area contributed by atoms with Crippen LogP contribution in [0.3, 0.4) is 0 Å². The molecule has 0 fully saturated rings. The number of unbranched alkanes of at least 4 members (excludes halogenated alkanes) is 1. The molecule has 5 nitrogen and oxygen atoms in total. The van der Waals surface area contributed by atoms with Crippen molar-refractivity contribution in [3.8, 4) is 0 Å². The summed E-state index contributed by atoms with van der Waals surface area (Å²) in [5, 5.41) is 8.62. The minimum atomic E-state index is -3.26. The zero-order chi connectivity index (χ0) is 12.9. The second-order valence-corrected chi connectivity index (χ2v) is 6.21. The van der Waals surface area contributed by atoms with Crippen molar-refractivity contribution in [2.45, 2.75) is 26.3 Å². The van der Waals surface area contributed by atoms with Crippen LogP contribution >= 0.6 is 0 Å². The summed E-state index contributed by atoms with van der Waals surface area (Å²) in [5.41, 5.74) is 0. The first-order chi connectivity index (χ1) is 7.95. The molecular weight excluding hydrogens is 242 g/mol. The van der Waals surface area contributed by atoms with Crippen molar-refractivity contribution in [2.75, 3.05) is 19.4 Å². The first kappa shape index (κ1) is 14.2. The second kappa shape index (κ2) is 6.18. The number of nitrogens with zero attached hydrogens (tertiary/aromatic N) is 1. The van der Waals surface area contributed by atoms with E-state index in [1.165, 1.54) is 11.4 Å². The van der Waals surface area contributed by atoms with Gasteiger partial charge in [0.25, 0.3) is 0 Å². The first-order valence-corrected chi connectivity index (χ1v) is 7.17. The zero-order valence-electron chi connectivity index (χ0n) is 10.2. The fourth-order valence-electron chi connectivity index (χ4n) is 1.44. The number of aryl methyl sites for hydroxylation is 1. The quantitative estimate of drug-likeness (QED) is 0.747. The average Bonchev–Trinajstić information content (AvgIpc) is 2.64. The van der Waals surface area contributed by atoms with Crippen molar-refractivity contribution >= 4 is 10.0 Å². The van der Waals surface area contributed by atoms with Crippen LogP contribution < -0.4 is 0 Å². The van der Waals surface area contributed by atoms with E-state index in [1.54, 1.807) is 6.07 Å². The lowest BCUT2D eigenvalue weighted by molar-refractivity contribution is 0.287. The summed E-state index contributed by atoms with van der Waals surface area (Å²) < 4.78 is 30.2. The summed E-state index contributed by atoms with van der Waals surface area (Å²) in [6, 6.07) is 3.58. The fourth-order valence-corrected chi connectivity index (χ4v) is 2.64. The summed E-state index contributed by atoms with van der Waals surface area (Å²) in [4.78, 5) is 0. The second-order valence-electron chi connectivity index (χ2n) is 4.02. The molecule has 0 bridgehead atoms. The molecule has 1 N–H and O–H groups in total. The van der Waals surface area contributed by atoms with Crippen LogP contribution in [-0.4, -0.2) is 37.2 Å². The van der Waals surface area contributed by atoms with Gasteiger partial charge in [0.05, 0.1) is 12.3 Å². The predicted octanol–water partition coefficient (Wildman–Crippen LogP) is 1.12. The largest absolute Gasteiger partial charge is 0.465 e. The van der Waals surface area contributed by atoms with Gasteiger partial charge in [-0.05, 0) is 31.9 Å². The Balaban J connectivity index is 2.53. The third-order valence-electron chi connectivity index (χ3n) is 2.46. The molecule has 6 heteroatoms. The van der Waals surface area contributed by atoms with Crippen LogP contribution in [0.4, 0.5) is 0 Å². The molecule has 1 rings (SSSR count). The van der Waals surface area contributed by atoms with Crippen molar-refractivity contribution in [1.82, 2.24) is 4.31 Å². The molecule has 0 atom stereocenters. The Hall–Kier alpha value is -0.850. The number of aliphatic hydroxyl groups excluding tert-OH is 1. The number of hydrogen-bond acceptors (Lipinski definition) is 4. The molecule has 0 amide bonds. The maximum Gasteiger partial charge on any atom is 0.214 e. The molecule has 1 aromatic rings. The van der Waals surface area contributed by atoms with Crippen LogP contribution in [0.2, 0.25) is 0 Å². The topological polar surface area (TPSA) is 70.8 Å². The molecular formula is C11H19NO4S. The molecule has 17 heavy (non-hydrogen) atoms. The summed E-state index contributed by atoms with van der Waals surface area (Å²) in [6.07, 6.45) is 0.979. The van der Waals surface area contributed by atoms with Gasteiger partial charge in [0.2, 0.25) is 10.0 Å². The van der Waals surface area contributed by atoms with Gasteiger partial charge in [0, 0.05) is 13.7 Å². The number of furan rings is 1. The van der Waals surface area contributed by atoms with Crippen LogP contribution in [0.1, 0.15) is 24.4 Å². The highest BCUT2D eigenvalue weighted by molar-refractivity contribution is 7.89. The van der Waals surface area contributed by atoms with Crippen molar-refractivity contribution in [3.05, 3.63) is 23.7 Å². The van der Waals surface area contributed by atoms with E-state index in [0.717, 1.165) is 5.76 Å². The monoisotopic (exact) mass is 261 g/mol. The minimum Gasteiger partial charge on any atom is -0.465 e. The van der Waals surface area contributed by atoms with Crippen molar-refractivity contribution in [3.63, 3.8) is 0 Å². The molecule has 0 saturated carbocycles. The Morgan fingerprint density at radius 3 is 2.59 bits per heavy atom. The van der Waals surface area contributed by atoms with Crippen LogP contribution in [-0.2, 0) is 16.6 Å². The fraction of sp³-hybridized carbons (Fsp3) is 0.636. The van der Waals surface area contributed by atoms with Gasteiger partial charge in [0.15, 0.2) is 0 Å². The van der Waals surface area contributed by atoms with Crippen molar-refractivity contribution in [1.29, 1.82) is 0 Å². The van der Waals surface area contributed by atoms with E-state index in [4.69, 9.17) is 9.52 Å². The van der Waals surface area contributed by atoms with Gasteiger partial charge >= 0.3 is 0 Å². The number of rotatable bonds is 7. The summed E-state index contributed by atoms with van der Waals surface area (Å²) >= 11 is 0. The maximum absolute atomic E-state index is 11.8. The summed E-state index contributed by atoms with van der Waals surface area (Å²) in [6.45, 7) is 2.09. The van der Waals surface area contributed by atoms with E-state index in [0.29, 0.717) is 18.6 Å². The molecule has 98 valence electrons. The molecule has 0 unspecified atom stereocenters. The molecule has 0 aliphatic heterocycles. The Morgan fingerprint density at radius 1 is 1.35 bits per heavy atom. The Labute approximate surface area is 102 Å². The highest BCUT2D eigenvalue weighted by atomic mass is 32.2. The van der Waals surface area contributed by atoms with Gasteiger partial charge in [-0.25, -0.2) is 8.42 Å². The predicted molar refractivity (Wildman–Crippen MR) is 65.0 cm³/mol. The van der Waals surface area contributed by atoms with Crippen LogP contribution in [0.15, 0.2) is 16.5 Å². The third kappa shape index (κ3) is 4.49. The average molecular weight is 261 g/mol. The van der Waals surface area contributed by atoms with E-state index in [-0.39, 0.29) is 18.9 Å². The molecule has 1 heterocycles. The molecule has 0 aliphatic rings. The number of aliphatic hydroxyl groups is 1. The van der Waals surface area contributed by atoms with Gasteiger partial charge in [-0.1, -0.05) is 0 Å². The smallest absolute Gasteiger partial charge is 0.214 e. The Bertz CT molecular complexity index is 438. The molecule has 0 spiro atoms. The summed E-state index contributed by atoms with van der Waals surface area (Å²) in [5.74, 6) is 1.46. The van der Waals surface area contributed by atoms with Gasteiger partial charge in [-0.15, -0.1) is 0 Å². The van der Waals surface area contributed by atoms with Gasteiger partial charge in [-0.3, -0.25) is 0 Å². The molecule has 1 aromatic heterocycles. The number of sulfonamides is 1. The maximum atomic E-state index is 11.8. The van der Waals surface area contributed by atoms with Gasteiger partial charge in [0.1, 0.15) is 11.5 Å². The normalized spacial score (nSPS) is 12.2. The van der Waals surface area contributed by atoms with Crippen molar-refractivity contribution < 1.29 is 17.9 Å². The molecule has 0 radical (unpaired) electrons. The minimum absolute atomic E-state index is 0.0244. The molecule has 0 aliphatic carbocycles. The molecule has 0 saturated heterocycles. The molecule has 0 aromatic carbocycles. The number of hydrogen-bond donors (Lipinski definition) is 1. The standard InChI is InChI=1S/C11H19NO4S/c1-10-5-6-11(16-10)9-12(2)17(14,15)8-4-3-7-13/h5-6,13H,3-4,7-9H2,1-2H3. The van der Waals surface area contributed by atoms with Crippen LogP contribution in [0.5, 0.6) is 0 Å². The lowest BCUT2D eigenvalue weighted by Gasteiger charge is -2.15. The SMILES string of the molecule is Cc1ccc(CN(C)S(=O)(=O)CCCCO)o1. The highest BCUT2D eigenvalue weighted by Gasteiger charge is 2.18. The third-order valence-corrected chi connectivity index (χ3v) is 4.34. The Morgan fingerprint density at radius 2 is 2.06 bits per heavy atom. The van der Waals surface area contributed by atoms with Gasteiger partial charge in [-0.2, -0.15) is 4.31 Å². The van der Waals surface area contributed by atoms with Crippen LogP contribution in [0, 0.1) is 6.92 Å². The van der Waals surface area contributed by atoms with E-state index in [9.17, 15) is 8.42 Å². The van der Waals surface area contributed by atoms with E-state index in [2.05, 4.69) is 0 Å². The first-order valence-electron chi connectivity index (χ1n) is 5.56. The van der Waals surface area contributed by atoms with Crippen molar-refractivity contribution in [2.24, 2.45) is 0 Å². The van der Waals surface area contributed by atoms with E-state index >= 15 is 0 Å². The van der Waals surface area contributed by atoms with Crippen LogP contribution in [0.25, 0.3) is 0 Å². The highest BCUT2D eigenvalue weighted by Crippen LogP contribution is 2.12.